The maximum atomic E-state index is 11.2. The normalized spacial score (nSPS) is 39.3. The van der Waals surface area contributed by atoms with Gasteiger partial charge in [0.15, 0.2) is 0 Å². The molecule has 1 N–H and O–H groups in total. The highest BCUT2D eigenvalue weighted by molar-refractivity contribution is 6.07. The molecule has 2 aliphatic rings. The van der Waals surface area contributed by atoms with E-state index in [0.29, 0.717) is 5.92 Å². The maximum Gasteiger partial charge on any atom is 0.250 e. The van der Waals surface area contributed by atoms with E-state index in [9.17, 15) is 4.79 Å². The monoisotopic (exact) mass is 166 g/mol. The summed E-state index contributed by atoms with van der Waals surface area (Å²) in [4.78, 5) is 15.6. The molecule has 0 radical (unpaired) electrons. The number of amides is 1. The molecule has 1 fully saturated rings. The molecule has 1 saturated carbocycles. The standard InChI is InChI=1S/C9H14N2O/c1-3-7-9(12)11-8(10-7)6-4-5(6)2/h5-7H,3-4H2,1-2H3,(H,10,11,12). The van der Waals surface area contributed by atoms with E-state index in [2.05, 4.69) is 17.2 Å². The lowest BCUT2D eigenvalue weighted by molar-refractivity contribution is -0.120. The summed E-state index contributed by atoms with van der Waals surface area (Å²) in [5, 5.41) is 2.86. The van der Waals surface area contributed by atoms with Crippen molar-refractivity contribution >= 4 is 11.7 Å². The van der Waals surface area contributed by atoms with E-state index in [-0.39, 0.29) is 11.9 Å². The Hall–Kier alpha value is -0.860. The predicted octanol–water partition coefficient (Wildman–Crippen LogP) is 0.949. The Morgan fingerprint density at radius 3 is 2.75 bits per heavy atom. The van der Waals surface area contributed by atoms with Crippen LogP contribution in [-0.4, -0.2) is 17.8 Å². The van der Waals surface area contributed by atoms with Gasteiger partial charge in [0.25, 0.3) is 0 Å². The van der Waals surface area contributed by atoms with Gasteiger partial charge in [-0.3, -0.25) is 9.79 Å². The molecule has 1 amide bonds. The first kappa shape index (κ1) is 7.77. The first-order chi connectivity index (χ1) is 5.72. The average Bonchev–Trinajstić information content (AvgIpc) is 2.63. The lowest BCUT2D eigenvalue weighted by Gasteiger charge is -1.96. The van der Waals surface area contributed by atoms with E-state index in [4.69, 9.17) is 0 Å². The van der Waals surface area contributed by atoms with E-state index >= 15 is 0 Å². The minimum Gasteiger partial charge on any atom is -0.312 e. The summed E-state index contributed by atoms with van der Waals surface area (Å²) in [6.45, 7) is 4.19. The lowest BCUT2D eigenvalue weighted by atomic mass is 10.2. The van der Waals surface area contributed by atoms with Crippen LogP contribution < -0.4 is 5.32 Å². The Morgan fingerprint density at radius 1 is 1.67 bits per heavy atom. The SMILES string of the molecule is CCC1N=C(C2CC2C)NC1=O. The van der Waals surface area contributed by atoms with Crippen molar-refractivity contribution in [2.24, 2.45) is 16.8 Å². The van der Waals surface area contributed by atoms with Gasteiger partial charge in [-0.05, 0) is 18.8 Å². The molecular weight excluding hydrogens is 152 g/mol. The number of nitrogens with one attached hydrogen (secondary N) is 1. The van der Waals surface area contributed by atoms with Crippen LogP contribution in [0.2, 0.25) is 0 Å². The van der Waals surface area contributed by atoms with Crippen molar-refractivity contribution < 1.29 is 4.79 Å². The van der Waals surface area contributed by atoms with Gasteiger partial charge in [-0.15, -0.1) is 0 Å². The first-order valence-electron chi connectivity index (χ1n) is 4.61. The number of amidine groups is 1. The van der Waals surface area contributed by atoms with E-state index in [1.807, 2.05) is 6.92 Å². The van der Waals surface area contributed by atoms with Gasteiger partial charge in [0.05, 0.1) is 0 Å². The number of carbonyl (C=O) groups excluding carboxylic acids is 1. The molecule has 66 valence electrons. The van der Waals surface area contributed by atoms with Crippen LogP contribution in [0.5, 0.6) is 0 Å². The van der Waals surface area contributed by atoms with Crippen LogP contribution in [0.1, 0.15) is 26.7 Å². The Labute approximate surface area is 72.3 Å². The van der Waals surface area contributed by atoms with Gasteiger partial charge in [0, 0.05) is 5.92 Å². The zero-order valence-corrected chi connectivity index (χ0v) is 7.50. The number of hydrogen-bond donors (Lipinski definition) is 1. The molecule has 1 aliphatic carbocycles. The van der Waals surface area contributed by atoms with Crippen LogP contribution in [0.3, 0.4) is 0 Å². The summed E-state index contributed by atoms with van der Waals surface area (Å²) in [5.41, 5.74) is 0. The quantitative estimate of drug-likeness (QED) is 0.652. The van der Waals surface area contributed by atoms with Gasteiger partial charge in [0.2, 0.25) is 5.91 Å². The van der Waals surface area contributed by atoms with Gasteiger partial charge in [0.1, 0.15) is 11.9 Å². The van der Waals surface area contributed by atoms with E-state index in [0.717, 1.165) is 18.2 Å². The Balaban J connectivity index is 2.05. The topological polar surface area (TPSA) is 41.5 Å². The van der Waals surface area contributed by atoms with E-state index < -0.39 is 0 Å². The molecule has 0 aromatic carbocycles. The number of rotatable bonds is 2. The average molecular weight is 166 g/mol. The number of nitrogens with zero attached hydrogens (tertiary/aromatic N) is 1. The van der Waals surface area contributed by atoms with Crippen molar-refractivity contribution in [1.29, 1.82) is 0 Å². The Bertz CT molecular complexity index is 247. The van der Waals surface area contributed by atoms with Gasteiger partial charge in [-0.1, -0.05) is 13.8 Å². The molecule has 1 heterocycles. The van der Waals surface area contributed by atoms with Gasteiger partial charge in [-0.25, -0.2) is 0 Å². The predicted molar refractivity (Wildman–Crippen MR) is 46.9 cm³/mol. The van der Waals surface area contributed by atoms with E-state index in [1.54, 1.807) is 0 Å². The summed E-state index contributed by atoms with van der Waals surface area (Å²) < 4.78 is 0. The van der Waals surface area contributed by atoms with Crippen molar-refractivity contribution in [3.8, 4) is 0 Å². The minimum absolute atomic E-state index is 0.0894. The molecule has 3 nitrogen and oxygen atoms in total. The molecule has 0 aromatic heterocycles. The molecule has 3 atom stereocenters. The molecule has 3 heteroatoms. The third-order valence-corrected chi connectivity index (χ3v) is 2.70. The number of carbonyl (C=O) groups is 1. The Morgan fingerprint density at radius 2 is 2.33 bits per heavy atom. The highest BCUT2D eigenvalue weighted by Crippen LogP contribution is 2.39. The fourth-order valence-corrected chi connectivity index (χ4v) is 1.64. The molecule has 0 aromatic rings. The van der Waals surface area contributed by atoms with Gasteiger partial charge < -0.3 is 5.32 Å². The summed E-state index contributed by atoms with van der Waals surface area (Å²) in [5.74, 6) is 2.30. The molecular formula is C9H14N2O. The molecule has 0 bridgehead atoms. The van der Waals surface area contributed by atoms with Gasteiger partial charge >= 0.3 is 0 Å². The zero-order valence-electron chi connectivity index (χ0n) is 7.50. The van der Waals surface area contributed by atoms with Gasteiger partial charge in [-0.2, -0.15) is 0 Å². The smallest absolute Gasteiger partial charge is 0.250 e. The van der Waals surface area contributed by atoms with Crippen molar-refractivity contribution in [1.82, 2.24) is 5.32 Å². The van der Waals surface area contributed by atoms with Crippen molar-refractivity contribution in [3.05, 3.63) is 0 Å². The fourth-order valence-electron chi connectivity index (χ4n) is 1.64. The largest absolute Gasteiger partial charge is 0.312 e. The second-order valence-corrected chi connectivity index (χ2v) is 3.75. The molecule has 2 rings (SSSR count). The summed E-state index contributed by atoms with van der Waals surface area (Å²) in [6, 6.07) is -0.104. The third kappa shape index (κ3) is 1.13. The molecule has 0 saturated heterocycles. The van der Waals surface area contributed by atoms with Crippen molar-refractivity contribution in [2.45, 2.75) is 32.7 Å². The Kier molecular flexibility index (Phi) is 1.67. The first-order valence-corrected chi connectivity index (χ1v) is 4.61. The third-order valence-electron chi connectivity index (χ3n) is 2.70. The molecule has 0 spiro atoms. The highest BCUT2D eigenvalue weighted by atomic mass is 16.2. The number of hydrogen-bond acceptors (Lipinski definition) is 2. The maximum absolute atomic E-state index is 11.2. The second kappa shape index (κ2) is 2.57. The summed E-state index contributed by atoms with van der Waals surface area (Å²) >= 11 is 0. The fraction of sp³-hybridized carbons (Fsp3) is 0.778. The minimum atomic E-state index is -0.104. The van der Waals surface area contributed by atoms with Crippen molar-refractivity contribution in [2.75, 3.05) is 0 Å². The van der Waals surface area contributed by atoms with Crippen LogP contribution in [0.4, 0.5) is 0 Å². The second-order valence-electron chi connectivity index (χ2n) is 3.75. The zero-order chi connectivity index (χ0) is 8.72. The molecule has 3 unspecified atom stereocenters. The highest BCUT2D eigenvalue weighted by Gasteiger charge is 2.41. The number of aliphatic imine (C=N–C) groups is 1. The summed E-state index contributed by atoms with van der Waals surface area (Å²) in [7, 11) is 0. The van der Waals surface area contributed by atoms with Crippen LogP contribution in [-0.2, 0) is 4.79 Å². The van der Waals surface area contributed by atoms with Crippen LogP contribution >= 0.6 is 0 Å². The van der Waals surface area contributed by atoms with E-state index in [1.165, 1.54) is 6.42 Å². The molecule has 12 heavy (non-hydrogen) atoms. The van der Waals surface area contributed by atoms with Crippen LogP contribution in [0.15, 0.2) is 4.99 Å². The van der Waals surface area contributed by atoms with Crippen LogP contribution in [0.25, 0.3) is 0 Å². The lowest BCUT2D eigenvalue weighted by Crippen LogP contribution is -2.29. The molecule has 1 aliphatic heterocycles. The summed E-state index contributed by atoms with van der Waals surface area (Å²) in [6.07, 6.45) is 2.01. The van der Waals surface area contributed by atoms with Crippen molar-refractivity contribution in [3.63, 3.8) is 0 Å². The van der Waals surface area contributed by atoms with Crippen LogP contribution in [0, 0.1) is 11.8 Å².